The lowest BCUT2D eigenvalue weighted by atomic mass is 9.99. The van der Waals surface area contributed by atoms with E-state index in [-0.39, 0.29) is 6.42 Å². The van der Waals surface area contributed by atoms with Gasteiger partial charge in [0.25, 0.3) is 0 Å². The van der Waals surface area contributed by atoms with Crippen molar-refractivity contribution in [2.24, 2.45) is 0 Å². The summed E-state index contributed by atoms with van der Waals surface area (Å²) in [6.07, 6.45) is 2.53. The maximum atomic E-state index is 11.0. The number of para-hydroxylation sites is 1. The van der Waals surface area contributed by atoms with Gasteiger partial charge in [0.1, 0.15) is 12.4 Å². The molecule has 0 fully saturated rings. The molecule has 4 rings (SSSR count). The summed E-state index contributed by atoms with van der Waals surface area (Å²) >= 11 is 0. The Morgan fingerprint density at radius 2 is 1.87 bits per heavy atom. The standard InChI is InChI=1S/C26H26N2O3/c1-28(22-5-3-2-4-6-22)15-16-31-25-11-7-19(8-12-26(29)30)17-23(25)20-9-10-24-21(18-20)13-14-27-24/h2-7,9-11,13-14,17-18,27H,8,12,15-16H2,1H3,(H,29,30). The van der Waals surface area contributed by atoms with Crippen LogP contribution in [0.3, 0.4) is 0 Å². The number of hydrogen-bond acceptors (Lipinski definition) is 3. The highest BCUT2D eigenvalue weighted by molar-refractivity contribution is 5.86. The van der Waals surface area contributed by atoms with Crippen LogP contribution in [0.4, 0.5) is 5.69 Å². The van der Waals surface area contributed by atoms with E-state index in [1.807, 2.05) is 48.7 Å². The Morgan fingerprint density at radius 3 is 2.68 bits per heavy atom. The number of carboxylic acids is 1. The molecule has 0 amide bonds. The lowest BCUT2D eigenvalue weighted by Gasteiger charge is -2.20. The van der Waals surface area contributed by atoms with Gasteiger partial charge in [0, 0.05) is 36.4 Å². The maximum absolute atomic E-state index is 11.0. The van der Waals surface area contributed by atoms with Gasteiger partial charge in [-0.1, -0.05) is 30.3 Å². The van der Waals surface area contributed by atoms with Crippen molar-refractivity contribution >= 4 is 22.6 Å². The molecule has 0 aliphatic heterocycles. The number of anilines is 1. The zero-order valence-corrected chi connectivity index (χ0v) is 17.5. The number of rotatable bonds is 9. The number of hydrogen-bond donors (Lipinski definition) is 2. The van der Waals surface area contributed by atoms with Crippen molar-refractivity contribution < 1.29 is 14.6 Å². The minimum absolute atomic E-state index is 0.109. The second-order valence-corrected chi connectivity index (χ2v) is 7.61. The number of ether oxygens (including phenoxy) is 1. The van der Waals surface area contributed by atoms with Crippen molar-refractivity contribution in [3.05, 3.63) is 84.6 Å². The van der Waals surface area contributed by atoms with Crippen molar-refractivity contribution in [2.45, 2.75) is 12.8 Å². The molecule has 0 saturated heterocycles. The normalized spacial score (nSPS) is 10.9. The number of aromatic amines is 1. The lowest BCUT2D eigenvalue weighted by molar-refractivity contribution is -0.136. The first-order valence-electron chi connectivity index (χ1n) is 10.4. The summed E-state index contributed by atoms with van der Waals surface area (Å²) in [4.78, 5) is 16.4. The van der Waals surface area contributed by atoms with Gasteiger partial charge in [0.05, 0.1) is 6.54 Å². The Morgan fingerprint density at radius 1 is 1.03 bits per heavy atom. The van der Waals surface area contributed by atoms with E-state index >= 15 is 0 Å². The number of H-pyrrole nitrogens is 1. The topological polar surface area (TPSA) is 65.6 Å². The number of aryl methyl sites for hydroxylation is 1. The average molecular weight is 415 g/mol. The highest BCUT2D eigenvalue weighted by Gasteiger charge is 2.11. The number of nitrogens with one attached hydrogen (secondary N) is 1. The summed E-state index contributed by atoms with van der Waals surface area (Å²) < 4.78 is 6.19. The largest absolute Gasteiger partial charge is 0.491 e. The molecule has 5 nitrogen and oxygen atoms in total. The third-order valence-corrected chi connectivity index (χ3v) is 5.42. The van der Waals surface area contributed by atoms with Gasteiger partial charge in [0.2, 0.25) is 0 Å². The van der Waals surface area contributed by atoms with Gasteiger partial charge >= 0.3 is 5.97 Å². The predicted molar refractivity (Wildman–Crippen MR) is 125 cm³/mol. The quantitative estimate of drug-likeness (QED) is 0.387. The van der Waals surface area contributed by atoms with Gasteiger partial charge in [0.15, 0.2) is 0 Å². The molecule has 0 spiro atoms. The zero-order valence-electron chi connectivity index (χ0n) is 17.5. The van der Waals surface area contributed by atoms with Crippen molar-refractivity contribution in [3.63, 3.8) is 0 Å². The Labute approximate surface area is 181 Å². The summed E-state index contributed by atoms with van der Waals surface area (Å²) in [5, 5.41) is 10.2. The van der Waals surface area contributed by atoms with E-state index in [0.29, 0.717) is 13.0 Å². The molecule has 31 heavy (non-hydrogen) atoms. The van der Waals surface area contributed by atoms with Crippen LogP contribution in [0.5, 0.6) is 5.75 Å². The molecule has 158 valence electrons. The van der Waals surface area contributed by atoms with Gasteiger partial charge in [-0.3, -0.25) is 4.79 Å². The number of likely N-dealkylation sites (N-methyl/N-ethyl adjacent to an activating group) is 1. The fourth-order valence-corrected chi connectivity index (χ4v) is 3.66. The molecule has 0 aliphatic rings. The summed E-state index contributed by atoms with van der Waals surface area (Å²) in [6, 6.07) is 24.5. The van der Waals surface area contributed by atoms with E-state index in [0.717, 1.165) is 45.6 Å². The molecule has 1 aromatic heterocycles. The third-order valence-electron chi connectivity index (χ3n) is 5.42. The molecule has 0 bridgehead atoms. The van der Waals surface area contributed by atoms with Gasteiger partial charge in [-0.05, 0) is 65.4 Å². The van der Waals surface area contributed by atoms with Crippen molar-refractivity contribution in [1.82, 2.24) is 4.98 Å². The first-order chi connectivity index (χ1) is 15.1. The number of carboxylic acid groups (broad SMARTS) is 1. The number of aromatic nitrogens is 1. The predicted octanol–water partition coefficient (Wildman–Crippen LogP) is 5.37. The van der Waals surface area contributed by atoms with E-state index in [1.54, 1.807) is 0 Å². The minimum Gasteiger partial charge on any atom is -0.491 e. The van der Waals surface area contributed by atoms with Gasteiger partial charge < -0.3 is 19.7 Å². The molecule has 0 radical (unpaired) electrons. The second-order valence-electron chi connectivity index (χ2n) is 7.61. The van der Waals surface area contributed by atoms with Crippen LogP contribution in [-0.4, -0.2) is 36.3 Å². The molecular weight excluding hydrogens is 388 g/mol. The fraction of sp³-hybridized carbons (Fsp3) is 0.192. The van der Waals surface area contributed by atoms with E-state index < -0.39 is 5.97 Å². The SMILES string of the molecule is CN(CCOc1ccc(CCC(=O)O)cc1-c1ccc2[nH]ccc2c1)c1ccccc1. The Bertz CT molecular complexity index is 1170. The molecular formula is C26H26N2O3. The number of benzene rings is 3. The molecule has 0 aliphatic carbocycles. The van der Waals surface area contributed by atoms with Crippen LogP contribution in [0.25, 0.3) is 22.0 Å². The van der Waals surface area contributed by atoms with Crippen LogP contribution in [0.2, 0.25) is 0 Å². The molecule has 0 unspecified atom stereocenters. The van der Waals surface area contributed by atoms with E-state index in [9.17, 15) is 4.79 Å². The van der Waals surface area contributed by atoms with Crippen LogP contribution >= 0.6 is 0 Å². The van der Waals surface area contributed by atoms with Crippen molar-refractivity contribution in [2.75, 3.05) is 25.1 Å². The summed E-state index contributed by atoms with van der Waals surface area (Å²) in [5.41, 5.74) is 5.25. The molecule has 4 aromatic rings. The highest BCUT2D eigenvalue weighted by atomic mass is 16.5. The van der Waals surface area contributed by atoms with Gasteiger partial charge in [-0.15, -0.1) is 0 Å². The van der Waals surface area contributed by atoms with Crippen LogP contribution in [-0.2, 0) is 11.2 Å². The molecule has 3 aromatic carbocycles. The lowest BCUT2D eigenvalue weighted by Crippen LogP contribution is -2.23. The molecule has 0 saturated carbocycles. The van der Waals surface area contributed by atoms with E-state index in [1.165, 1.54) is 0 Å². The average Bonchev–Trinajstić information content (AvgIpc) is 3.26. The molecule has 1 heterocycles. The van der Waals surface area contributed by atoms with Crippen LogP contribution < -0.4 is 9.64 Å². The summed E-state index contributed by atoms with van der Waals surface area (Å²) in [6.45, 7) is 1.29. The van der Waals surface area contributed by atoms with Gasteiger partial charge in [-0.25, -0.2) is 0 Å². The molecule has 2 N–H and O–H groups in total. The van der Waals surface area contributed by atoms with Crippen molar-refractivity contribution in [1.29, 1.82) is 0 Å². The molecule has 0 atom stereocenters. The number of carbonyl (C=O) groups is 1. The third kappa shape index (κ3) is 5.07. The van der Waals surface area contributed by atoms with Crippen LogP contribution in [0.1, 0.15) is 12.0 Å². The second kappa shape index (κ2) is 9.39. The maximum Gasteiger partial charge on any atom is 0.303 e. The van der Waals surface area contributed by atoms with Gasteiger partial charge in [-0.2, -0.15) is 0 Å². The van der Waals surface area contributed by atoms with E-state index in [4.69, 9.17) is 9.84 Å². The number of fused-ring (bicyclic) bond motifs is 1. The van der Waals surface area contributed by atoms with Crippen molar-refractivity contribution in [3.8, 4) is 16.9 Å². The Balaban J connectivity index is 1.56. The fourth-order valence-electron chi connectivity index (χ4n) is 3.66. The number of nitrogens with zero attached hydrogens (tertiary/aromatic N) is 1. The minimum atomic E-state index is -0.792. The smallest absolute Gasteiger partial charge is 0.303 e. The van der Waals surface area contributed by atoms with E-state index in [2.05, 4.69) is 47.3 Å². The zero-order chi connectivity index (χ0) is 21.6. The Kier molecular flexibility index (Phi) is 6.22. The van der Waals surface area contributed by atoms with Crippen LogP contribution in [0, 0.1) is 0 Å². The number of aliphatic carboxylic acids is 1. The summed E-state index contributed by atoms with van der Waals surface area (Å²) in [7, 11) is 2.05. The summed E-state index contributed by atoms with van der Waals surface area (Å²) in [5.74, 6) is 0.00925. The first kappa shape index (κ1) is 20.5. The monoisotopic (exact) mass is 414 g/mol. The van der Waals surface area contributed by atoms with Crippen LogP contribution in [0.15, 0.2) is 79.0 Å². The molecule has 5 heteroatoms. The Hall–Kier alpha value is -3.73. The first-order valence-corrected chi connectivity index (χ1v) is 10.4. The highest BCUT2D eigenvalue weighted by Crippen LogP contribution is 2.33.